The molecule has 0 spiro atoms. The number of fused-ring (bicyclic) bond motifs is 1. The zero-order chi connectivity index (χ0) is 21.4. The Kier molecular flexibility index (Phi) is 4.75. The highest BCUT2D eigenvalue weighted by molar-refractivity contribution is 6.01. The first-order chi connectivity index (χ1) is 15.1. The number of nitrogens with one attached hydrogen (secondary N) is 2. The molecule has 2 N–H and O–H groups in total. The number of anilines is 2. The number of rotatable bonds is 3. The second-order valence-electron chi connectivity index (χ2n) is 7.93. The quantitative estimate of drug-likeness (QED) is 0.434. The fourth-order valence-electron chi connectivity index (χ4n) is 4.52. The third-order valence-corrected chi connectivity index (χ3v) is 5.99. The predicted molar refractivity (Wildman–Crippen MR) is 120 cm³/mol. The number of hydrogen-bond acceptors (Lipinski definition) is 5. The van der Waals surface area contributed by atoms with Crippen molar-refractivity contribution in [3.05, 3.63) is 111 Å². The molecule has 0 unspecified atom stereocenters. The van der Waals surface area contributed by atoms with Gasteiger partial charge < -0.3 is 10.6 Å². The van der Waals surface area contributed by atoms with Crippen LogP contribution in [0.5, 0.6) is 0 Å². The lowest BCUT2D eigenvalue weighted by Crippen LogP contribution is -2.26. The second kappa shape index (κ2) is 7.72. The van der Waals surface area contributed by atoms with Crippen molar-refractivity contribution in [2.45, 2.75) is 24.8 Å². The Morgan fingerprint density at radius 3 is 2.32 bits per heavy atom. The van der Waals surface area contributed by atoms with Crippen molar-refractivity contribution in [2.75, 3.05) is 10.6 Å². The molecule has 0 amide bonds. The molecule has 154 valence electrons. The van der Waals surface area contributed by atoms with Gasteiger partial charge in [-0.3, -0.25) is 14.9 Å². The summed E-state index contributed by atoms with van der Waals surface area (Å²) in [5.41, 5.74) is 5.36. The number of Topliss-reactive ketones (excluding diaryl/α,β-unsaturated/α-hetero) is 1. The predicted octanol–water partition coefficient (Wildman–Crippen LogP) is 5.57. The molecule has 3 aromatic rings. The van der Waals surface area contributed by atoms with Crippen LogP contribution in [-0.2, 0) is 4.79 Å². The molecule has 6 nitrogen and oxygen atoms in total. The summed E-state index contributed by atoms with van der Waals surface area (Å²) in [5.74, 6) is -0.0558. The molecule has 3 aromatic carbocycles. The van der Waals surface area contributed by atoms with Gasteiger partial charge in [-0.25, -0.2) is 0 Å². The molecule has 31 heavy (non-hydrogen) atoms. The first kappa shape index (κ1) is 19.1. The normalized spacial score (nSPS) is 20.1. The number of nitrogens with zero attached hydrogens (tertiary/aromatic N) is 1. The molecule has 5 rings (SSSR count). The maximum Gasteiger partial charge on any atom is 0.269 e. The van der Waals surface area contributed by atoms with E-state index >= 15 is 0 Å². The van der Waals surface area contributed by atoms with Crippen molar-refractivity contribution in [3.8, 4) is 0 Å². The van der Waals surface area contributed by atoms with Gasteiger partial charge in [-0.1, -0.05) is 54.6 Å². The fraction of sp³-hybridized carbons (Fsp3) is 0.160. The van der Waals surface area contributed by atoms with E-state index in [9.17, 15) is 14.9 Å². The van der Waals surface area contributed by atoms with E-state index < -0.39 is 4.92 Å². The number of nitro groups is 1. The van der Waals surface area contributed by atoms with Crippen LogP contribution >= 0.6 is 0 Å². The summed E-state index contributed by atoms with van der Waals surface area (Å²) in [6.07, 6.45) is 0.935. The van der Waals surface area contributed by atoms with Gasteiger partial charge in [0.1, 0.15) is 0 Å². The number of nitro benzene ring substituents is 1. The maximum atomic E-state index is 13.4. The van der Waals surface area contributed by atoms with Crippen molar-refractivity contribution >= 4 is 22.8 Å². The van der Waals surface area contributed by atoms with Gasteiger partial charge in [0.15, 0.2) is 5.78 Å². The molecule has 0 saturated carbocycles. The molecule has 0 fully saturated rings. The van der Waals surface area contributed by atoms with E-state index in [1.165, 1.54) is 6.07 Å². The number of benzene rings is 3. The second-order valence-corrected chi connectivity index (χ2v) is 7.93. The molecule has 1 aliphatic heterocycles. The number of hydrogen-bond donors (Lipinski definition) is 2. The van der Waals surface area contributed by atoms with Gasteiger partial charge in [0.2, 0.25) is 0 Å². The maximum absolute atomic E-state index is 13.4. The Morgan fingerprint density at radius 2 is 1.55 bits per heavy atom. The Morgan fingerprint density at radius 1 is 0.839 bits per heavy atom. The van der Waals surface area contributed by atoms with Crippen molar-refractivity contribution in [3.63, 3.8) is 0 Å². The van der Waals surface area contributed by atoms with Crippen molar-refractivity contribution in [1.82, 2.24) is 0 Å². The summed E-state index contributed by atoms with van der Waals surface area (Å²) in [5, 5.41) is 18.3. The van der Waals surface area contributed by atoms with Crippen molar-refractivity contribution in [1.29, 1.82) is 0 Å². The fourth-order valence-corrected chi connectivity index (χ4v) is 4.52. The van der Waals surface area contributed by atoms with E-state index in [4.69, 9.17) is 0 Å². The minimum atomic E-state index is -0.395. The molecule has 1 heterocycles. The molecular weight excluding hydrogens is 390 g/mol. The van der Waals surface area contributed by atoms with Gasteiger partial charge in [-0.15, -0.1) is 0 Å². The topological polar surface area (TPSA) is 84.3 Å². The molecule has 1 aliphatic carbocycles. The van der Waals surface area contributed by atoms with Crippen LogP contribution in [0.25, 0.3) is 0 Å². The van der Waals surface area contributed by atoms with E-state index in [1.807, 2.05) is 60.7 Å². The van der Waals surface area contributed by atoms with Crippen LogP contribution < -0.4 is 10.6 Å². The lowest BCUT2D eigenvalue weighted by molar-refractivity contribution is -0.384. The molecule has 0 saturated heterocycles. The number of carbonyl (C=O) groups excluding carboxylic acids is 1. The Labute approximate surface area is 179 Å². The van der Waals surface area contributed by atoms with Crippen LogP contribution in [-0.4, -0.2) is 10.7 Å². The highest BCUT2D eigenvalue weighted by Crippen LogP contribution is 2.44. The minimum absolute atomic E-state index is 0.0488. The smallest absolute Gasteiger partial charge is 0.269 e. The third-order valence-electron chi connectivity index (χ3n) is 5.99. The zero-order valence-electron chi connectivity index (χ0n) is 16.7. The monoisotopic (exact) mass is 411 g/mol. The number of carbonyl (C=O) groups is 1. The van der Waals surface area contributed by atoms with Gasteiger partial charge in [0, 0.05) is 29.8 Å². The number of allylic oxidation sites excluding steroid dienone is 1. The lowest BCUT2D eigenvalue weighted by Gasteiger charge is -2.29. The summed E-state index contributed by atoms with van der Waals surface area (Å²) in [6, 6.07) is 24.2. The van der Waals surface area contributed by atoms with Gasteiger partial charge in [-0.2, -0.15) is 0 Å². The zero-order valence-corrected chi connectivity index (χ0v) is 16.7. The first-order valence-corrected chi connectivity index (χ1v) is 10.3. The standard InChI is InChI=1S/C25H21N3O3/c29-23-15-18(17-9-6-10-19(13-17)28(30)31)14-22-24(23)25(16-7-2-1-3-8-16)27-21-12-5-4-11-20(21)26-22/h1-13,18,25-27H,14-15H2/t18-,25-/m0/s1. The molecule has 0 aromatic heterocycles. The van der Waals surface area contributed by atoms with Crippen LogP contribution in [0.4, 0.5) is 17.1 Å². The Balaban J connectivity index is 1.59. The van der Waals surface area contributed by atoms with E-state index in [2.05, 4.69) is 10.6 Å². The third kappa shape index (κ3) is 3.57. The highest BCUT2D eigenvalue weighted by Gasteiger charge is 2.36. The van der Waals surface area contributed by atoms with Gasteiger partial charge in [0.05, 0.1) is 22.3 Å². The average Bonchev–Trinajstić information content (AvgIpc) is 2.96. The Hall–Kier alpha value is -3.93. The largest absolute Gasteiger partial charge is 0.372 e. The summed E-state index contributed by atoms with van der Waals surface area (Å²) < 4.78 is 0. The first-order valence-electron chi connectivity index (χ1n) is 10.3. The number of non-ortho nitro benzene ring substituents is 1. The van der Waals surface area contributed by atoms with E-state index in [-0.39, 0.29) is 23.4 Å². The van der Waals surface area contributed by atoms with Gasteiger partial charge in [-0.05, 0) is 35.6 Å². The SMILES string of the molecule is O=C1C[C@@H](c2cccc([N+](=O)[O-])c2)CC2=C1[C@H](c1ccccc1)Nc1ccccc1N2. The highest BCUT2D eigenvalue weighted by atomic mass is 16.6. The molecule has 6 heteroatoms. The van der Waals surface area contributed by atoms with E-state index in [0.717, 1.165) is 33.8 Å². The summed E-state index contributed by atoms with van der Waals surface area (Å²) in [7, 11) is 0. The average molecular weight is 411 g/mol. The minimum Gasteiger partial charge on any atom is -0.372 e. The van der Waals surface area contributed by atoms with Crippen LogP contribution in [0.2, 0.25) is 0 Å². The molecular formula is C25H21N3O3. The number of para-hydroxylation sites is 2. The summed E-state index contributed by atoms with van der Waals surface area (Å²) >= 11 is 0. The van der Waals surface area contributed by atoms with Crippen molar-refractivity contribution < 1.29 is 9.72 Å². The van der Waals surface area contributed by atoms with Crippen LogP contribution in [0.3, 0.4) is 0 Å². The molecule has 2 aliphatic rings. The number of ketones is 1. The van der Waals surface area contributed by atoms with E-state index in [1.54, 1.807) is 12.1 Å². The van der Waals surface area contributed by atoms with Crippen LogP contribution in [0.15, 0.2) is 90.1 Å². The lowest BCUT2D eigenvalue weighted by atomic mass is 9.78. The van der Waals surface area contributed by atoms with Gasteiger partial charge >= 0.3 is 0 Å². The van der Waals surface area contributed by atoms with Gasteiger partial charge in [0.25, 0.3) is 5.69 Å². The summed E-state index contributed by atoms with van der Waals surface area (Å²) in [4.78, 5) is 24.3. The molecule has 2 atom stereocenters. The molecule has 0 bridgehead atoms. The van der Waals surface area contributed by atoms with Crippen LogP contribution in [0, 0.1) is 10.1 Å². The summed E-state index contributed by atoms with van der Waals surface area (Å²) in [6.45, 7) is 0. The van der Waals surface area contributed by atoms with E-state index in [0.29, 0.717) is 12.8 Å². The van der Waals surface area contributed by atoms with Crippen molar-refractivity contribution in [2.24, 2.45) is 0 Å². The molecule has 0 radical (unpaired) electrons. The Bertz CT molecular complexity index is 1200. The van der Waals surface area contributed by atoms with Crippen LogP contribution in [0.1, 0.15) is 35.9 Å².